The summed E-state index contributed by atoms with van der Waals surface area (Å²) in [5, 5.41) is -0.249. The van der Waals surface area contributed by atoms with Gasteiger partial charge in [-0.1, -0.05) is 0 Å². The van der Waals surface area contributed by atoms with E-state index >= 15 is 0 Å². The van der Waals surface area contributed by atoms with Crippen molar-refractivity contribution in [2.24, 2.45) is 0 Å². The Kier molecular flexibility index (Phi) is 5.08. The van der Waals surface area contributed by atoms with Crippen molar-refractivity contribution in [3.63, 3.8) is 0 Å². The summed E-state index contributed by atoms with van der Waals surface area (Å²) >= 11 is 0. The second-order valence-corrected chi connectivity index (χ2v) is 6.93. The second-order valence-electron chi connectivity index (χ2n) is 5.30. The maximum Gasteiger partial charge on any atom is 0.340 e. The number of esters is 1. The Morgan fingerprint density at radius 1 is 1.07 bits per heavy atom. The minimum absolute atomic E-state index is 0.0533. The molecule has 0 amide bonds. The third-order valence-corrected chi connectivity index (χ3v) is 4.83. The van der Waals surface area contributed by atoms with Gasteiger partial charge in [0.05, 0.1) is 18.4 Å². The summed E-state index contributed by atoms with van der Waals surface area (Å²) in [6, 6.07) is 6.14. The summed E-state index contributed by atoms with van der Waals surface area (Å²) in [6.07, 6.45) is 5.89. The number of benzene rings is 1. The molecule has 8 nitrogen and oxygen atoms in total. The molecule has 0 unspecified atom stereocenters. The molecule has 0 aliphatic carbocycles. The van der Waals surface area contributed by atoms with Crippen LogP contribution >= 0.6 is 0 Å². The van der Waals surface area contributed by atoms with Gasteiger partial charge in [-0.25, -0.2) is 24.1 Å². The monoisotopic (exact) mass is 388 g/mol. The van der Waals surface area contributed by atoms with Crippen molar-refractivity contribution in [2.75, 3.05) is 11.8 Å². The van der Waals surface area contributed by atoms with E-state index in [1.807, 2.05) is 0 Å². The van der Waals surface area contributed by atoms with Gasteiger partial charge >= 0.3 is 5.97 Å². The van der Waals surface area contributed by atoms with Crippen LogP contribution in [0.1, 0.15) is 10.4 Å². The molecule has 0 radical (unpaired) electrons. The lowest BCUT2D eigenvalue weighted by molar-refractivity contribution is 0.0595. The van der Waals surface area contributed by atoms with Crippen LogP contribution in [0.15, 0.2) is 60.3 Å². The van der Waals surface area contributed by atoms with Crippen molar-refractivity contribution >= 4 is 21.7 Å². The predicted octanol–water partition coefficient (Wildman–Crippen LogP) is 2.27. The smallest absolute Gasteiger partial charge is 0.340 e. The Bertz CT molecular complexity index is 1070. The number of carbonyl (C=O) groups is 1. The summed E-state index contributed by atoms with van der Waals surface area (Å²) in [6.45, 7) is 0. The summed E-state index contributed by atoms with van der Waals surface area (Å²) in [5.74, 6) is -1.77. The van der Waals surface area contributed by atoms with Crippen LogP contribution < -0.4 is 4.72 Å². The van der Waals surface area contributed by atoms with Crippen molar-refractivity contribution in [3.8, 4) is 11.1 Å². The normalized spacial score (nSPS) is 11.0. The minimum Gasteiger partial charge on any atom is -0.465 e. The number of halogens is 1. The molecule has 2 aromatic heterocycles. The summed E-state index contributed by atoms with van der Waals surface area (Å²) in [7, 11) is -2.92. The van der Waals surface area contributed by atoms with E-state index in [1.54, 1.807) is 18.5 Å². The number of hydrogen-bond acceptors (Lipinski definition) is 7. The zero-order chi connectivity index (χ0) is 19.4. The van der Waals surface area contributed by atoms with Crippen LogP contribution in [-0.2, 0) is 14.8 Å². The first kappa shape index (κ1) is 18.4. The Balaban J connectivity index is 1.83. The van der Waals surface area contributed by atoms with Gasteiger partial charge in [0.2, 0.25) is 0 Å². The predicted molar refractivity (Wildman–Crippen MR) is 93.8 cm³/mol. The first-order chi connectivity index (χ1) is 12.9. The Hall–Kier alpha value is -3.40. The molecule has 0 saturated carbocycles. The van der Waals surface area contributed by atoms with Crippen molar-refractivity contribution in [2.45, 2.75) is 5.03 Å². The molecule has 0 aliphatic rings. The van der Waals surface area contributed by atoms with E-state index in [-0.39, 0.29) is 16.3 Å². The lowest BCUT2D eigenvalue weighted by atomic mass is 10.2. The zero-order valence-corrected chi connectivity index (χ0v) is 14.8. The Labute approximate surface area is 154 Å². The zero-order valence-electron chi connectivity index (χ0n) is 14.0. The number of ether oxygens (including phenoxy) is 1. The molecule has 0 bridgehead atoms. The molecule has 3 aromatic rings. The maximum absolute atomic E-state index is 13.9. The first-order valence-electron chi connectivity index (χ1n) is 7.53. The van der Waals surface area contributed by atoms with Gasteiger partial charge in [-0.2, -0.15) is 8.42 Å². The van der Waals surface area contributed by atoms with Crippen molar-refractivity contribution in [1.29, 1.82) is 0 Å². The molecular weight excluding hydrogens is 375 g/mol. The van der Waals surface area contributed by atoms with Gasteiger partial charge in [0.15, 0.2) is 5.03 Å². The lowest BCUT2D eigenvalue weighted by Crippen LogP contribution is -2.15. The van der Waals surface area contributed by atoms with E-state index in [1.165, 1.54) is 24.7 Å². The molecule has 0 aliphatic heterocycles. The highest BCUT2D eigenvalue weighted by Crippen LogP contribution is 2.21. The summed E-state index contributed by atoms with van der Waals surface area (Å²) in [5.41, 5.74) is 0.973. The van der Waals surface area contributed by atoms with Gasteiger partial charge in [0.25, 0.3) is 10.0 Å². The molecule has 0 fully saturated rings. The molecule has 10 heteroatoms. The third-order valence-electron chi connectivity index (χ3n) is 3.53. The fourth-order valence-electron chi connectivity index (χ4n) is 2.22. The summed E-state index contributed by atoms with van der Waals surface area (Å²) in [4.78, 5) is 23.1. The number of carbonyl (C=O) groups excluding carboxylic acids is 1. The Morgan fingerprint density at radius 3 is 2.41 bits per heavy atom. The van der Waals surface area contributed by atoms with E-state index in [2.05, 4.69) is 24.4 Å². The van der Waals surface area contributed by atoms with Gasteiger partial charge in [-0.3, -0.25) is 4.72 Å². The molecule has 0 atom stereocenters. The average Bonchev–Trinajstić information content (AvgIpc) is 2.68. The van der Waals surface area contributed by atoms with E-state index < -0.39 is 21.8 Å². The fourth-order valence-corrected chi connectivity index (χ4v) is 3.20. The standard InChI is InChI=1S/C17H13FN4O4S/c1-26-17(23)14-4-3-13(6-15(14)18)22-27(24,25)16-5-2-11(9-21-16)12-7-19-10-20-8-12/h2-10,22H,1H3. The molecule has 0 spiro atoms. The molecule has 0 saturated heterocycles. The number of nitrogens with zero attached hydrogens (tertiary/aromatic N) is 3. The van der Waals surface area contributed by atoms with Gasteiger partial charge in [0, 0.05) is 29.7 Å². The number of pyridine rings is 1. The van der Waals surface area contributed by atoms with Crippen LogP contribution in [0, 0.1) is 5.82 Å². The van der Waals surface area contributed by atoms with Crippen LogP contribution in [-0.4, -0.2) is 36.4 Å². The Morgan fingerprint density at radius 2 is 1.81 bits per heavy atom. The number of nitrogens with one attached hydrogen (secondary N) is 1. The van der Waals surface area contributed by atoms with Crippen LogP contribution in [0.2, 0.25) is 0 Å². The second kappa shape index (κ2) is 7.46. The van der Waals surface area contributed by atoms with E-state index in [9.17, 15) is 17.6 Å². The van der Waals surface area contributed by atoms with Gasteiger partial charge < -0.3 is 4.74 Å². The summed E-state index contributed by atoms with van der Waals surface area (Å²) < 4.78 is 45.4. The molecule has 1 aromatic carbocycles. The number of sulfonamides is 1. The minimum atomic E-state index is -4.04. The number of hydrogen-bond donors (Lipinski definition) is 1. The average molecular weight is 388 g/mol. The van der Waals surface area contributed by atoms with Crippen LogP contribution in [0.5, 0.6) is 0 Å². The maximum atomic E-state index is 13.9. The molecule has 27 heavy (non-hydrogen) atoms. The van der Waals surface area contributed by atoms with E-state index in [0.29, 0.717) is 11.1 Å². The molecule has 3 rings (SSSR count). The van der Waals surface area contributed by atoms with Gasteiger partial charge in [0.1, 0.15) is 12.1 Å². The largest absolute Gasteiger partial charge is 0.465 e. The van der Waals surface area contributed by atoms with Crippen LogP contribution in [0.4, 0.5) is 10.1 Å². The highest BCUT2D eigenvalue weighted by Gasteiger charge is 2.18. The van der Waals surface area contributed by atoms with E-state index in [4.69, 9.17) is 0 Å². The third kappa shape index (κ3) is 4.06. The first-order valence-corrected chi connectivity index (χ1v) is 9.01. The highest BCUT2D eigenvalue weighted by atomic mass is 32.2. The van der Waals surface area contributed by atoms with Crippen LogP contribution in [0.25, 0.3) is 11.1 Å². The van der Waals surface area contributed by atoms with E-state index in [0.717, 1.165) is 19.2 Å². The molecule has 1 N–H and O–H groups in total. The highest BCUT2D eigenvalue weighted by molar-refractivity contribution is 7.92. The SMILES string of the molecule is COC(=O)c1ccc(NS(=O)(=O)c2ccc(-c3cncnc3)cn2)cc1F. The number of methoxy groups -OCH3 is 1. The lowest BCUT2D eigenvalue weighted by Gasteiger charge is -2.09. The van der Waals surface area contributed by atoms with Crippen molar-refractivity contribution in [3.05, 3.63) is 66.6 Å². The fraction of sp³-hybridized carbons (Fsp3) is 0.0588. The van der Waals surface area contributed by atoms with Crippen molar-refractivity contribution in [1.82, 2.24) is 15.0 Å². The van der Waals surface area contributed by atoms with Crippen molar-refractivity contribution < 1.29 is 22.3 Å². The number of anilines is 1. The van der Waals surface area contributed by atoms with Gasteiger partial charge in [-0.15, -0.1) is 0 Å². The van der Waals surface area contributed by atoms with Gasteiger partial charge in [-0.05, 0) is 30.3 Å². The van der Waals surface area contributed by atoms with Crippen LogP contribution in [0.3, 0.4) is 0 Å². The molecular formula is C17H13FN4O4S. The topological polar surface area (TPSA) is 111 Å². The molecule has 2 heterocycles. The quantitative estimate of drug-likeness (QED) is 0.667. The molecule has 138 valence electrons. The number of rotatable bonds is 5. The number of aromatic nitrogens is 3.